The van der Waals surface area contributed by atoms with Gasteiger partial charge in [-0.1, -0.05) is 12.1 Å². The van der Waals surface area contributed by atoms with E-state index in [1.54, 1.807) is 6.07 Å². The molecule has 5 heteroatoms. The number of nitrogens with two attached hydrogens (primary N) is 1. The molecule has 0 bridgehead atoms. The molecule has 1 aliphatic heterocycles. The van der Waals surface area contributed by atoms with Crippen LogP contribution in [0.4, 0.5) is 4.39 Å². The normalized spacial score (nSPS) is 21.4. The molecule has 2 rings (SSSR count). The molecule has 0 radical (unpaired) electrons. The van der Waals surface area contributed by atoms with Crippen LogP contribution >= 0.6 is 0 Å². The van der Waals surface area contributed by atoms with E-state index >= 15 is 0 Å². The number of hydrogen-bond acceptors (Lipinski definition) is 3. The van der Waals surface area contributed by atoms with Gasteiger partial charge < -0.3 is 11.1 Å². The quantitative estimate of drug-likeness (QED) is 0.783. The zero-order chi connectivity index (χ0) is 12.3. The van der Waals surface area contributed by atoms with Gasteiger partial charge in [0.2, 0.25) is 5.91 Å². The molecule has 1 heterocycles. The van der Waals surface area contributed by atoms with Gasteiger partial charge in [0.25, 0.3) is 0 Å². The summed E-state index contributed by atoms with van der Waals surface area (Å²) >= 11 is 0. The highest BCUT2D eigenvalue weighted by molar-refractivity contribution is 5.80. The number of nitrogens with one attached hydrogen (secondary N) is 1. The third-order valence-corrected chi connectivity index (χ3v) is 2.96. The Morgan fingerprint density at radius 3 is 3.12 bits per heavy atom. The second-order valence-corrected chi connectivity index (χ2v) is 4.22. The maximum atomic E-state index is 13.1. The number of piperazine rings is 1. The first kappa shape index (κ1) is 12.0. The van der Waals surface area contributed by atoms with Gasteiger partial charge in [0.15, 0.2) is 0 Å². The van der Waals surface area contributed by atoms with Gasteiger partial charge in [0.1, 0.15) is 11.9 Å². The summed E-state index contributed by atoms with van der Waals surface area (Å²) in [6, 6.07) is 6.11. The molecule has 1 atom stereocenters. The predicted octanol–water partition coefficient (Wildman–Crippen LogP) is 0.0848. The van der Waals surface area contributed by atoms with E-state index in [2.05, 4.69) is 5.32 Å². The third kappa shape index (κ3) is 3.01. The van der Waals surface area contributed by atoms with Crippen molar-refractivity contribution >= 4 is 5.91 Å². The largest absolute Gasteiger partial charge is 0.368 e. The maximum Gasteiger partial charge on any atom is 0.236 e. The molecule has 1 aromatic rings. The maximum absolute atomic E-state index is 13.1. The summed E-state index contributed by atoms with van der Waals surface area (Å²) in [6.45, 7) is 2.67. The SMILES string of the molecule is NC(=O)C1CNCCN1Cc1cccc(F)c1. The number of nitrogens with zero attached hydrogens (tertiary/aromatic N) is 1. The Morgan fingerprint density at radius 2 is 2.41 bits per heavy atom. The highest BCUT2D eigenvalue weighted by atomic mass is 19.1. The molecule has 1 saturated heterocycles. The van der Waals surface area contributed by atoms with Crippen LogP contribution in [-0.2, 0) is 11.3 Å². The highest BCUT2D eigenvalue weighted by Gasteiger charge is 2.26. The van der Waals surface area contributed by atoms with Crippen LogP contribution in [0.1, 0.15) is 5.56 Å². The Hall–Kier alpha value is -1.46. The van der Waals surface area contributed by atoms with E-state index in [0.29, 0.717) is 13.1 Å². The Labute approximate surface area is 99.6 Å². The fourth-order valence-corrected chi connectivity index (χ4v) is 2.09. The molecule has 0 aliphatic carbocycles. The summed E-state index contributed by atoms with van der Waals surface area (Å²) in [5, 5.41) is 3.13. The van der Waals surface area contributed by atoms with E-state index in [9.17, 15) is 9.18 Å². The topological polar surface area (TPSA) is 58.4 Å². The van der Waals surface area contributed by atoms with Crippen molar-refractivity contribution in [2.24, 2.45) is 5.73 Å². The lowest BCUT2D eigenvalue weighted by Crippen LogP contribution is -2.56. The Morgan fingerprint density at radius 1 is 1.59 bits per heavy atom. The molecule has 0 spiro atoms. The fraction of sp³-hybridized carbons (Fsp3) is 0.417. The molecule has 17 heavy (non-hydrogen) atoms. The zero-order valence-electron chi connectivity index (χ0n) is 9.53. The smallest absolute Gasteiger partial charge is 0.236 e. The Balaban J connectivity index is 2.08. The van der Waals surface area contributed by atoms with E-state index in [4.69, 9.17) is 5.73 Å². The number of halogens is 1. The first-order valence-electron chi connectivity index (χ1n) is 5.65. The average Bonchev–Trinajstić information content (AvgIpc) is 2.29. The minimum atomic E-state index is -0.339. The van der Waals surface area contributed by atoms with Crippen molar-refractivity contribution in [1.29, 1.82) is 0 Å². The van der Waals surface area contributed by atoms with Gasteiger partial charge in [0.05, 0.1) is 0 Å². The first-order valence-corrected chi connectivity index (χ1v) is 5.65. The number of primary amides is 1. The molecule has 4 nitrogen and oxygen atoms in total. The standard InChI is InChI=1S/C12H16FN3O/c13-10-3-1-2-9(6-10)8-16-5-4-15-7-11(16)12(14)17/h1-3,6,11,15H,4-5,7-8H2,(H2,14,17). The van der Waals surface area contributed by atoms with E-state index < -0.39 is 0 Å². The molecule has 0 aromatic heterocycles. The summed E-state index contributed by atoms with van der Waals surface area (Å²) in [7, 11) is 0. The van der Waals surface area contributed by atoms with Crippen molar-refractivity contribution in [3.8, 4) is 0 Å². The molecule has 1 aromatic carbocycles. The van der Waals surface area contributed by atoms with Gasteiger partial charge in [-0.05, 0) is 17.7 Å². The minimum absolute atomic E-state index is 0.256. The van der Waals surface area contributed by atoms with Crippen molar-refractivity contribution in [3.05, 3.63) is 35.6 Å². The summed E-state index contributed by atoms with van der Waals surface area (Å²) in [6.07, 6.45) is 0. The third-order valence-electron chi connectivity index (χ3n) is 2.96. The van der Waals surface area contributed by atoms with Crippen LogP contribution < -0.4 is 11.1 Å². The van der Waals surface area contributed by atoms with E-state index in [-0.39, 0.29) is 17.8 Å². The van der Waals surface area contributed by atoms with Crippen LogP contribution in [0, 0.1) is 5.82 Å². The van der Waals surface area contributed by atoms with Crippen molar-refractivity contribution in [1.82, 2.24) is 10.2 Å². The zero-order valence-corrected chi connectivity index (χ0v) is 9.53. The fourth-order valence-electron chi connectivity index (χ4n) is 2.09. The average molecular weight is 237 g/mol. The minimum Gasteiger partial charge on any atom is -0.368 e. The van der Waals surface area contributed by atoms with Gasteiger partial charge in [-0.15, -0.1) is 0 Å². The van der Waals surface area contributed by atoms with Crippen molar-refractivity contribution in [2.75, 3.05) is 19.6 Å². The van der Waals surface area contributed by atoms with Gasteiger partial charge in [-0.2, -0.15) is 0 Å². The van der Waals surface area contributed by atoms with Crippen LogP contribution in [0.25, 0.3) is 0 Å². The summed E-state index contributed by atoms with van der Waals surface area (Å²) in [4.78, 5) is 13.3. The molecule has 1 aliphatic rings. The van der Waals surface area contributed by atoms with E-state index in [1.807, 2.05) is 11.0 Å². The van der Waals surface area contributed by atoms with Crippen LogP contribution in [-0.4, -0.2) is 36.5 Å². The summed E-state index contributed by atoms with van der Waals surface area (Å²) < 4.78 is 13.1. The van der Waals surface area contributed by atoms with E-state index in [0.717, 1.165) is 18.7 Å². The highest BCUT2D eigenvalue weighted by Crippen LogP contribution is 2.11. The molecule has 0 saturated carbocycles. The lowest BCUT2D eigenvalue weighted by Gasteiger charge is -2.34. The number of rotatable bonds is 3. The second-order valence-electron chi connectivity index (χ2n) is 4.22. The van der Waals surface area contributed by atoms with Gasteiger partial charge in [-0.3, -0.25) is 9.69 Å². The number of amides is 1. The van der Waals surface area contributed by atoms with Crippen LogP contribution in [0.2, 0.25) is 0 Å². The van der Waals surface area contributed by atoms with Crippen molar-refractivity contribution in [3.63, 3.8) is 0 Å². The Kier molecular flexibility index (Phi) is 3.71. The number of hydrogen-bond donors (Lipinski definition) is 2. The second kappa shape index (κ2) is 5.25. The molecule has 1 amide bonds. The van der Waals surface area contributed by atoms with E-state index in [1.165, 1.54) is 12.1 Å². The monoisotopic (exact) mass is 237 g/mol. The number of carbonyl (C=O) groups is 1. The summed E-state index contributed by atoms with van der Waals surface area (Å²) in [5.74, 6) is -0.595. The molecule has 1 unspecified atom stereocenters. The molecular weight excluding hydrogens is 221 g/mol. The van der Waals surface area contributed by atoms with Crippen LogP contribution in [0.15, 0.2) is 24.3 Å². The molecule has 92 valence electrons. The number of benzene rings is 1. The lowest BCUT2D eigenvalue weighted by atomic mass is 10.1. The number of carbonyl (C=O) groups excluding carboxylic acids is 1. The van der Waals surface area contributed by atoms with Gasteiger partial charge in [-0.25, -0.2) is 4.39 Å². The van der Waals surface area contributed by atoms with Crippen LogP contribution in [0.5, 0.6) is 0 Å². The summed E-state index contributed by atoms with van der Waals surface area (Å²) in [5.41, 5.74) is 6.21. The first-order chi connectivity index (χ1) is 8.16. The molecule has 3 N–H and O–H groups in total. The molecule has 1 fully saturated rings. The van der Waals surface area contributed by atoms with Crippen molar-refractivity contribution in [2.45, 2.75) is 12.6 Å². The predicted molar refractivity (Wildman–Crippen MR) is 62.7 cm³/mol. The van der Waals surface area contributed by atoms with Crippen LogP contribution in [0.3, 0.4) is 0 Å². The van der Waals surface area contributed by atoms with Gasteiger partial charge in [0, 0.05) is 26.2 Å². The van der Waals surface area contributed by atoms with Gasteiger partial charge >= 0.3 is 0 Å². The Bertz CT molecular complexity index is 410. The molecular formula is C12H16FN3O. The lowest BCUT2D eigenvalue weighted by molar-refractivity contribution is -0.124. The van der Waals surface area contributed by atoms with Crippen molar-refractivity contribution < 1.29 is 9.18 Å².